The van der Waals surface area contributed by atoms with Crippen LogP contribution in [0.2, 0.25) is 0 Å². The number of H-pyrrole nitrogens is 2. The van der Waals surface area contributed by atoms with Crippen LogP contribution in [0.1, 0.15) is 11.1 Å². The molecule has 1 unspecified atom stereocenters. The third kappa shape index (κ3) is 8.71. The minimum atomic E-state index is -5.14. The second-order valence-corrected chi connectivity index (χ2v) is 9.51. The number of aryl methyl sites for hydroxylation is 2. The summed E-state index contributed by atoms with van der Waals surface area (Å²) in [5.74, 6) is -0.152. The van der Waals surface area contributed by atoms with Crippen LogP contribution < -0.4 is 51.1 Å². The fourth-order valence-corrected chi connectivity index (χ4v) is 3.77. The zero-order valence-corrected chi connectivity index (χ0v) is 24.0. The zero-order chi connectivity index (χ0) is 28.2. The number of benzene rings is 1. The van der Waals surface area contributed by atoms with E-state index < -0.39 is 50.5 Å². The summed E-state index contributed by atoms with van der Waals surface area (Å²) >= 11 is 0. The van der Waals surface area contributed by atoms with E-state index in [0.717, 1.165) is 11.1 Å². The van der Waals surface area contributed by atoms with E-state index in [1.807, 2.05) is 18.8 Å². The summed E-state index contributed by atoms with van der Waals surface area (Å²) in [6.07, 6.45) is -2.29. The van der Waals surface area contributed by atoms with E-state index in [-0.39, 0.29) is 46.5 Å². The number of aliphatic hydroxyl groups is 3. The van der Waals surface area contributed by atoms with Crippen molar-refractivity contribution in [1.82, 2.24) is 24.5 Å². The number of aromatic nitrogens is 5. The maximum absolute atomic E-state index is 12.2. The first kappa shape index (κ1) is 32.7. The summed E-state index contributed by atoms with van der Waals surface area (Å²) in [6, 6.07) is 6.34. The quantitative estimate of drug-likeness (QED) is 0.0693. The molecule has 15 nitrogen and oxygen atoms in total. The molecular weight excluding hydrogens is 548 g/mol. The number of nitrogens with zero attached hydrogens (tertiary/aromatic N) is 3. The van der Waals surface area contributed by atoms with Crippen molar-refractivity contribution in [3.8, 4) is 11.5 Å². The van der Waals surface area contributed by atoms with E-state index in [2.05, 4.69) is 19.5 Å². The first-order valence-electron chi connectivity index (χ1n) is 11.0. The molecule has 3 heterocycles. The number of hydrogen-bond acceptors (Lipinski definition) is 11. The van der Waals surface area contributed by atoms with Crippen LogP contribution in [0.5, 0.6) is 0 Å². The van der Waals surface area contributed by atoms with Gasteiger partial charge in [0.25, 0.3) is 13.4 Å². The summed E-state index contributed by atoms with van der Waals surface area (Å²) in [5.41, 5.74) is 0.605. The molecule has 39 heavy (non-hydrogen) atoms. The Hall–Kier alpha value is -2.56. The molecule has 0 radical (unpaired) electrons. The van der Waals surface area contributed by atoms with Gasteiger partial charge in [-0.15, -0.1) is 0 Å². The Morgan fingerprint density at radius 3 is 2.23 bits per heavy atom. The molecule has 0 aliphatic carbocycles. The van der Waals surface area contributed by atoms with Gasteiger partial charge in [-0.25, -0.2) is 9.78 Å². The molecular formula is C22H25N5NaO10P. The largest absolute Gasteiger partial charge is 1.00 e. The summed E-state index contributed by atoms with van der Waals surface area (Å²) < 4.78 is 16.0. The molecule has 0 spiro atoms. The fraction of sp³-hybridized carbons (Fsp3) is 0.318. The smallest absolute Gasteiger partial charge is 0.756 e. The number of rotatable bonds is 7. The number of aliphatic hydroxyl groups excluding tert-OH is 3. The van der Waals surface area contributed by atoms with E-state index in [1.165, 1.54) is 16.7 Å². The van der Waals surface area contributed by atoms with Gasteiger partial charge in [0.1, 0.15) is 18.3 Å². The second-order valence-electron chi connectivity index (χ2n) is 8.32. The van der Waals surface area contributed by atoms with E-state index in [1.54, 1.807) is 24.5 Å². The predicted octanol–water partition coefficient (Wildman–Crippen LogP) is -4.86. The Morgan fingerprint density at radius 2 is 1.67 bits per heavy atom. The van der Waals surface area contributed by atoms with Crippen LogP contribution in [0.25, 0.3) is 22.6 Å². The third-order valence-electron chi connectivity index (χ3n) is 5.48. The normalized spacial score (nSPS) is 14.9. The molecule has 0 bridgehead atoms. The van der Waals surface area contributed by atoms with Gasteiger partial charge in [-0.2, -0.15) is 4.98 Å². The SMILES string of the molecule is Cc1cc2nc3c(=O)[nH]c(=O)nc-3n(C[C@H](O)[C@H](O)[C@H](O)COP(=O)([O-])O)c2cc1C.O=c1cc[nH]cc1.[Na+]. The average Bonchev–Trinajstić information content (AvgIpc) is 2.84. The number of phosphoric ester groups is 1. The second kappa shape index (κ2) is 13.7. The van der Waals surface area contributed by atoms with Crippen LogP contribution in [-0.2, 0) is 15.6 Å². The molecule has 4 rings (SSSR count). The number of phosphoric acid groups is 1. The van der Waals surface area contributed by atoms with Crippen molar-refractivity contribution >= 4 is 18.9 Å². The number of pyridine rings is 1. The zero-order valence-electron chi connectivity index (χ0n) is 21.1. The topological polar surface area (TPSA) is 244 Å². The first-order valence-corrected chi connectivity index (χ1v) is 12.5. The van der Waals surface area contributed by atoms with Crippen molar-refractivity contribution in [2.75, 3.05) is 6.61 Å². The standard InChI is InChI=1S/C17H21N4O9P.C5H5NO.Na/c1-7-3-9-10(4-8(7)2)21(15-13(18-9)16(25)20-17(26)19-15)5-11(22)14(24)12(23)6-30-31(27,28)29;7-5-1-3-6-4-2-5;/h3-4,11-12,14,22-24H,5-6H2,1-2H3,(H,20,25,26)(H2,27,28,29);1-4H,(H,6,7);/q;;+1/p-1/t11-,12+,14-;;/m0../s1. The Kier molecular flexibility index (Phi) is 11.4. The number of aromatic amines is 2. The van der Waals surface area contributed by atoms with Crippen LogP contribution in [0.4, 0.5) is 0 Å². The fourth-order valence-electron chi connectivity index (χ4n) is 3.43. The van der Waals surface area contributed by atoms with E-state index in [0.29, 0.717) is 11.0 Å². The Bertz CT molecular complexity index is 1600. The molecule has 17 heteroatoms. The van der Waals surface area contributed by atoms with Crippen LogP contribution in [0.3, 0.4) is 0 Å². The Morgan fingerprint density at radius 1 is 1.05 bits per heavy atom. The predicted molar refractivity (Wildman–Crippen MR) is 131 cm³/mol. The molecule has 1 aromatic carbocycles. The molecule has 0 fully saturated rings. The van der Waals surface area contributed by atoms with Crippen molar-refractivity contribution in [2.45, 2.75) is 38.7 Å². The van der Waals surface area contributed by atoms with Gasteiger partial charge in [0.15, 0.2) is 16.9 Å². The molecule has 0 amide bonds. The van der Waals surface area contributed by atoms with Gasteiger partial charge in [-0.3, -0.25) is 19.1 Å². The van der Waals surface area contributed by atoms with Gasteiger partial charge in [0.05, 0.1) is 24.2 Å². The molecule has 4 atom stereocenters. The summed E-state index contributed by atoms with van der Waals surface area (Å²) in [6.45, 7) is 2.20. The van der Waals surface area contributed by atoms with Crippen molar-refractivity contribution in [3.63, 3.8) is 0 Å². The van der Waals surface area contributed by atoms with Crippen molar-refractivity contribution in [1.29, 1.82) is 0 Å². The van der Waals surface area contributed by atoms with E-state index in [9.17, 15) is 39.2 Å². The average molecular weight is 573 g/mol. The molecule has 1 aromatic heterocycles. The molecule has 2 aliphatic heterocycles. The van der Waals surface area contributed by atoms with Gasteiger partial charge in [-0.1, -0.05) is 0 Å². The molecule has 2 aliphatic rings. The van der Waals surface area contributed by atoms with E-state index >= 15 is 0 Å². The third-order valence-corrected chi connectivity index (χ3v) is 5.95. The summed E-state index contributed by atoms with van der Waals surface area (Å²) in [7, 11) is -5.14. The number of fused-ring (bicyclic) bond motifs is 2. The van der Waals surface area contributed by atoms with Crippen LogP contribution in [-0.4, -0.2) is 69.6 Å². The summed E-state index contributed by atoms with van der Waals surface area (Å²) in [4.78, 5) is 66.3. The minimum absolute atomic E-state index is 0. The maximum Gasteiger partial charge on any atom is 1.00 e. The van der Waals surface area contributed by atoms with Gasteiger partial charge < -0.3 is 39.2 Å². The molecule has 204 valence electrons. The molecule has 2 aromatic rings. The van der Waals surface area contributed by atoms with Crippen LogP contribution in [0.15, 0.2) is 51.0 Å². The van der Waals surface area contributed by atoms with Crippen LogP contribution in [0, 0.1) is 13.8 Å². The minimum Gasteiger partial charge on any atom is -0.756 e. The van der Waals surface area contributed by atoms with Crippen molar-refractivity contribution in [2.24, 2.45) is 0 Å². The molecule has 0 saturated carbocycles. The Labute approximate surface area is 242 Å². The maximum atomic E-state index is 12.2. The van der Waals surface area contributed by atoms with Gasteiger partial charge in [0.2, 0.25) is 0 Å². The van der Waals surface area contributed by atoms with Gasteiger partial charge in [-0.05, 0) is 37.1 Å². The first-order chi connectivity index (χ1) is 17.8. The van der Waals surface area contributed by atoms with E-state index in [4.69, 9.17) is 4.89 Å². The van der Waals surface area contributed by atoms with Crippen molar-refractivity contribution < 1.29 is 63.8 Å². The molecule has 0 saturated heterocycles. The van der Waals surface area contributed by atoms with Gasteiger partial charge in [0, 0.05) is 24.5 Å². The van der Waals surface area contributed by atoms with Gasteiger partial charge >= 0.3 is 35.2 Å². The number of nitrogens with one attached hydrogen (secondary N) is 2. The molecule has 6 N–H and O–H groups in total. The van der Waals surface area contributed by atoms with Crippen LogP contribution >= 0.6 is 7.82 Å². The monoisotopic (exact) mass is 573 g/mol. The van der Waals surface area contributed by atoms with Crippen molar-refractivity contribution in [3.05, 3.63) is 78.8 Å². The number of hydrogen-bond donors (Lipinski definition) is 6. The summed E-state index contributed by atoms with van der Waals surface area (Å²) in [5, 5.41) is 30.5. The Balaban J connectivity index is 0.000000579.